The number of nitrogens with one attached hydrogen (secondary N) is 1. The summed E-state index contributed by atoms with van der Waals surface area (Å²) in [6.07, 6.45) is 0.0626. The highest BCUT2D eigenvalue weighted by Crippen LogP contribution is 2.35. The first-order valence-electron chi connectivity index (χ1n) is 10.1. The number of thiazole rings is 1. The molecule has 0 radical (unpaired) electrons. The summed E-state index contributed by atoms with van der Waals surface area (Å²) >= 11 is 1.25. The molecule has 0 bridgehead atoms. The molecule has 3 rings (SSSR count). The van der Waals surface area contributed by atoms with Crippen molar-refractivity contribution < 1.29 is 28.7 Å². The number of carbonyl (C=O) groups excluding carboxylic acids is 2. The molecule has 0 saturated carbocycles. The quantitative estimate of drug-likeness (QED) is 0.271. The third-order valence-electron chi connectivity index (χ3n) is 4.85. The second-order valence-electron chi connectivity index (χ2n) is 7.33. The molecule has 0 aliphatic heterocycles. The fourth-order valence-corrected chi connectivity index (χ4v) is 3.88. The van der Waals surface area contributed by atoms with E-state index in [1.807, 2.05) is 32.0 Å². The first-order valence-corrected chi connectivity index (χ1v) is 11.0. The summed E-state index contributed by atoms with van der Waals surface area (Å²) in [6.45, 7) is 3.65. The summed E-state index contributed by atoms with van der Waals surface area (Å²) in [6, 6.07) is 8.10. The highest BCUT2D eigenvalue weighted by molar-refractivity contribution is 7.09. The number of hydrogen-bond acceptors (Lipinski definition) is 9. The zero-order chi connectivity index (χ0) is 24.8. The smallest absolute Gasteiger partial charge is 0.345 e. The van der Waals surface area contributed by atoms with Crippen molar-refractivity contribution in [2.75, 3.05) is 19.5 Å². The van der Waals surface area contributed by atoms with E-state index in [-0.39, 0.29) is 36.0 Å². The van der Waals surface area contributed by atoms with E-state index in [0.717, 1.165) is 22.9 Å². The van der Waals surface area contributed by atoms with Crippen LogP contribution in [0.2, 0.25) is 0 Å². The largest absolute Gasteiger partial charge is 0.493 e. The number of aryl methyl sites for hydroxylation is 2. The van der Waals surface area contributed by atoms with Crippen LogP contribution in [0.25, 0.3) is 0 Å². The molecule has 178 valence electrons. The number of amides is 1. The number of nitro groups is 1. The van der Waals surface area contributed by atoms with E-state index in [1.54, 1.807) is 5.38 Å². The molecule has 1 N–H and O–H groups in total. The van der Waals surface area contributed by atoms with Crippen LogP contribution in [-0.2, 0) is 22.6 Å². The van der Waals surface area contributed by atoms with Crippen LogP contribution in [0.4, 0.5) is 11.4 Å². The normalized spacial score (nSPS) is 10.5. The molecule has 0 aliphatic rings. The van der Waals surface area contributed by atoms with Gasteiger partial charge in [-0.1, -0.05) is 12.1 Å². The van der Waals surface area contributed by atoms with Gasteiger partial charge in [0.2, 0.25) is 5.91 Å². The van der Waals surface area contributed by atoms with E-state index in [0.29, 0.717) is 10.7 Å². The van der Waals surface area contributed by atoms with Crippen LogP contribution >= 0.6 is 11.3 Å². The Balaban J connectivity index is 1.64. The fourth-order valence-electron chi connectivity index (χ4n) is 3.10. The van der Waals surface area contributed by atoms with Crippen LogP contribution in [0.5, 0.6) is 11.5 Å². The predicted molar refractivity (Wildman–Crippen MR) is 126 cm³/mol. The minimum absolute atomic E-state index is 0.0626. The fraction of sp³-hybridized carbons (Fsp3) is 0.261. The first kappa shape index (κ1) is 24.6. The van der Waals surface area contributed by atoms with Gasteiger partial charge in [0.1, 0.15) is 17.2 Å². The van der Waals surface area contributed by atoms with E-state index >= 15 is 0 Å². The SMILES string of the molecule is COc1cc(C(=O)OCc2csc(CC(=O)Nc3cc(C)ccc3C)n2)c([N+](=O)[O-])cc1OC. The first-order chi connectivity index (χ1) is 16.2. The van der Waals surface area contributed by atoms with Gasteiger partial charge in [-0.2, -0.15) is 0 Å². The minimum atomic E-state index is -0.908. The molecule has 0 fully saturated rings. The monoisotopic (exact) mass is 485 g/mol. The van der Waals surface area contributed by atoms with Gasteiger partial charge in [0.05, 0.1) is 37.3 Å². The number of benzene rings is 2. The number of hydrogen-bond donors (Lipinski definition) is 1. The second kappa shape index (κ2) is 10.8. The lowest BCUT2D eigenvalue weighted by Gasteiger charge is -2.10. The van der Waals surface area contributed by atoms with Crippen molar-refractivity contribution in [2.45, 2.75) is 26.9 Å². The molecule has 1 amide bonds. The Morgan fingerprint density at radius 2 is 1.82 bits per heavy atom. The van der Waals surface area contributed by atoms with E-state index in [1.165, 1.54) is 31.6 Å². The molecule has 11 heteroatoms. The molecule has 0 unspecified atom stereocenters. The van der Waals surface area contributed by atoms with Gasteiger partial charge >= 0.3 is 5.97 Å². The van der Waals surface area contributed by atoms with Crippen LogP contribution in [0, 0.1) is 24.0 Å². The maximum absolute atomic E-state index is 12.5. The average molecular weight is 486 g/mol. The lowest BCUT2D eigenvalue weighted by Crippen LogP contribution is -2.15. The Kier molecular flexibility index (Phi) is 7.79. The molecule has 0 saturated heterocycles. The van der Waals surface area contributed by atoms with Crippen LogP contribution in [-0.4, -0.2) is 36.0 Å². The molecule has 1 aromatic heterocycles. The highest BCUT2D eigenvalue weighted by Gasteiger charge is 2.26. The molecular weight excluding hydrogens is 462 g/mol. The number of esters is 1. The number of nitro benzene ring substituents is 1. The second-order valence-corrected chi connectivity index (χ2v) is 8.28. The molecule has 10 nitrogen and oxygen atoms in total. The third kappa shape index (κ3) is 5.87. The van der Waals surface area contributed by atoms with Crippen molar-refractivity contribution in [3.05, 3.63) is 73.2 Å². The number of rotatable bonds is 9. The summed E-state index contributed by atoms with van der Waals surface area (Å²) in [5.74, 6) is -0.845. The zero-order valence-corrected chi connectivity index (χ0v) is 19.9. The number of methoxy groups -OCH3 is 2. The Morgan fingerprint density at radius 3 is 2.50 bits per heavy atom. The van der Waals surface area contributed by atoms with Crippen LogP contribution in [0.1, 0.15) is 32.2 Å². The summed E-state index contributed by atoms with van der Waals surface area (Å²) in [5, 5.41) is 16.5. The lowest BCUT2D eigenvalue weighted by atomic mass is 10.1. The zero-order valence-electron chi connectivity index (χ0n) is 19.0. The molecule has 3 aromatic rings. The molecule has 0 atom stereocenters. The predicted octanol–water partition coefficient (Wildman–Crippen LogP) is 4.22. The van der Waals surface area contributed by atoms with Crippen molar-refractivity contribution in [1.82, 2.24) is 4.98 Å². The van der Waals surface area contributed by atoms with Gasteiger partial charge in [0.25, 0.3) is 5.69 Å². The van der Waals surface area contributed by atoms with Gasteiger partial charge in [-0.3, -0.25) is 14.9 Å². The number of carbonyl (C=O) groups is 2. The van der Waals surface area contributed by atoms with Gasteiger partial charge in [0.15, 0.2) is 11.5 Å². The number of anilines is 1. The third-order valence-corrected chi connectivity index (χ3v) is 5.75. The van der Waals surface area contributed by atoms with Crippen LogP contribution in [0.3, 0.4) is 0 Å². The highest BCUT2D eigenvalue weighted by atomic mass is 32.1. The van der Waals surface area contributed by atoms with E-state index in [9.17, 15) is 19.7 Å². The van der Waals surface area contributed by atoms with Crippen molar-refractivity contribution in [3.8, 4) is 11.5 Å². The Hall–Kier alpha value is -3.99. The number of aromatic nitrogens is 1. The summed E-state index contributed by atoms with van der Waals surface area (Å²) in [5.41, 5.74) is 2.42. The molecule has 1 heterocycles. The number of nitrogens with zero attached hydrogens (tertiary/aromatic N) is 2. The van der Waals surface area contributed by atoms with Gasteiger partial charge in [-0.15, -0.1) is 11.3 Å². The Morgan fingerprint density at radius 1 is 1.12 bits per heavy atom. The summed E-state index contributed by atoms with van der Waals surface area (Å²) in [7, 11) is 2.69. The average Bonchev–Trinajstić information content (AvgIpc) is 3.25. The van der Waals surface area contributed by atoms with Crippen LogP contribution in [0.15, 0.2) is 35.7 Å². The van der Waals surface area contributed by atoms with Crippen LogP contribution < -0.4 is 14.8 Å². The summed E-state index contributed by atoms with van der Waals surface area (Å²) in [4.78, 5) is 40.0. The maximum atomic E-state index is 12.5. The molecule has 2 aromatic carbocycles. The Bertz CT molecular complexity index is 1240. The van der Waals surface area contributed by atoms with Gasteiger partial charge in [-0.25, -0.2) is 9.78 Å². The van der Waals surface area contributed by atoms with Gasteiger partial charge in [-0.05, 0) is 31.0 Å². The Labute approximate surface area is 199 Å². The number of ether oxygens (including phenoxy) is 3. The molecular formula is C23H23N3O7S. The molecule has 0 spiro atoms. The lowest BCUT2D eigenvalue weighted by molar-refractivity contribution is -0.385. The topological polar surface area (TPSA) is 130 Å². The molecule has 0 aliphatic carbocycles. The van der Waals surface area contributed by atoms with Crippen molar-refractivity contribution >= 4 is 34.6 Å². The van der Waals surface area contributed by atoms with E-state index in [2.05, 4.69) is 10.3 Å². The van der Waals surface area contributed by atoms with E-state index < -0.39 is 16.6 Å². The summed E-state index contributed by atoms with van der Waals surface area (Å²) < 4.78 is 15.4. The molecule has 34 heavy (non-hydrogen) atoms. The van der Waals surface area contributed by atoms with Crippen molar-refractivity contribution in [3.63, 3.8) is 0 Å². The van der Waals surface area contributed by atoms with E-state index in [4.69, 9.17) is 14.2 Å². The minimum Gasteiger partial charge on any atom is -0.493 e. The van der Waals surface area contributed by atoms with Crippen molar-refractivity contribution in [1.29, 1.82) is 0 Å². The maximum Gasteiger partial charge on any atom is 0.345 e. The standard InChI is InChI=1S/C23H23N3O7S/c1-13-5-6-14(2)17(7-13)25-21(27)10-22-24-15(12-34-22)11-33-23(28)16-8-19(31-3)20(32-4)9-18(16)26(29)30/h5-9,12H,10-11H2,1-4H3,(H,25,27). The van der Waals surface area contributed by atoms with Crippen molar-refractivity contribution in [2.24, 2.45) is 0 Å². The van der Waals surface area contributed by atoms with Gasteiger partial charge < -0.3 is 19.5 Å². The van der Waals surface area contributed by atoms with Gasteiger partial charge in [0, 0.05) is 17.1 Å².